The van der Waals surface area contributed by atoms with Gasteiger partial charge in [0.1, 0.15) is 0 Å². The van der Waals surface area contributed by atoms with Gasteiger partial charge in [-0.15, -0.1) is 0 Å². The van der Waals surface area contributed by atoms with Crippen LogP contribution in [0.3, 0.4) is 0 Å². The summed E-state index contributed by atoms with van der Waals surface area (Å²) in [5.41, 5.74) is 4.28. The molecule has 2 aliphatic heterocycles. The van der Waals surface area contributed by atoms with Crippen LogP contribution in [-0.4, -0.2) is 31.3 Å². The maximum absolute atomic E-state index is 12.1. The molecule has 1 amide bonds. The summed E-state index contributed by atoms with van der Waals surface area (Å²) in [6, 6.07) is 7.41. The fraction of sp³-hybridized carbons (Fsp3) is 0.400. The molecular formula is C15H17ClN2O3. The lowest BCUT2D eigenvalue weighted by atomic mass is 10.1. The molecule has 2 aliphatic rings. The van der Waals surface area contributed by atoms with Gasteiger partial charge in [0.05, 0.1) is 11.8 Å². The first-order valence-corrected chi connectivity index (χ1v) is 7.39. The van der Waals surface area contributed by atoms with Gasteiger partial charge < -0.3 is 10.1 Å². The van der Waals surface area contributed by atoms with Crippen molar-refractivity contribution in [3.8, 4) is 0 Å². The molecule has 2 atom stereocenters. The topological polar surface area (TPSA) is 59.6 Å². The summed E-state index contributed by atoms with van der Waals surface area (Å²) in [6.07, 6.45) is 3.24. The van der Waals surface area contributed by atoms with Gasteiger partial charge in [-0.2, -0.15) is 0 Å². The Hall–Kier alpha value is -1.56. The van der Waals surface area contributed by atoms with E-state index < -0.39 is 6.10 Å². The molecule has 1 fully saturated rings. The Bertz CT molecular complexity index is 556. The monoisotopic (exact) mass is 308 g/mol. The Labute approximate surface area is 128 Å². The van der Waals surface area contributed by atoms with Crippen molar-refractivity contribution in [2.75, 3.05) is 13.2 Å². The van der Waals surface area contributed by atoms with Crippen LogP contribution in [-0.2, 0) is 14.4 Å². The normalized spacial score (nSPS) is 24.5. The van der Waals surface area contributed by atoms with E-state index in [1.807, 2.05) is 18.2 Å². The summed E-state index contributed by atoms with van der Waals surface area (Å²) in [4.78, 5) is 17.4. The molecule has 2 N–H and O–H groups in total. The standard InChI is InChI=1S/C15H17ClN2O3/c16-12-6-2-1-5-11(12)13-8-14(21-18-13)15(19)17-9-10-4-3-7-20-10/h1-2,5-6,8,10,14,18H,3-4,7,9H2,(H,17,19)/t10-,14+/m0/s1. The molecule has 1 aromatic rings. The summed E-state index contributed by atoms with van der Waals surface area (Å²) in [7, 11) is 0. The number of ether oxygens (including phenoxy) is 1. The molecule has 21 heavy (non-hydrogen) atoms. The largest absolute Gasteiger partial charge is 0.376 e. The van der Waals surface area contributed by atoms with Crippen molar-refractivity contribution in [2.45, 2.75) is 25.0 Å². The average molecular weight is 309 g/mol. The highest BCUT2D eigenvalue weighted by atomic mass is 35.5. The van der Waals surface area contributed by atoms with Gasteiger partial charge in [-0.05, 0) is 25.0 Å². The lowest BCUT2D eigenvalue weighted by molar-refractivity contribution is -0.131. The number of halogens is 1. The lowest BCUT2D eigenvalue weighted by Gasteiger charge is -2.12. The number of hydrogen-bond acceptors (Lipinski definition) is 4. The highest BCUT2D eigenvalue weighted by molar-refractivity contribution is 6.32. The SMILES string of the molecule is O=C(NC[C@@H]1CCCO1)[C@H]1C=C(c2ccccc2Cl)NO1. The number of hydrogen-bond donors (Lipinski definition) is 2. The van der Waals surface area contributed by atoms with Crippen LogP contribution in [0.2, 0.25) is 5.02 Å². The van der Waals surface area contributed by atoms with E-state index in [1.165, 1.54) is 0 Å². The van der Waals surface area contributed by atoms with Gasteiger partial charge in [0.2, 0.25) is 0 Å². The van der Waals surface area contributed by atoms with Gasteiger partial charge in [-0.25, -0.2) is 0 Å². The minimum Gasteiger partial charge on any atom is -0.376 e. The third-order valence-corrected chi connectivity index (χ3v) is 3.89. The smallest absolute Gasteiger partial charge is 0.256 e. The molecule has 2 heterocycles. The first kappa shape index (κ1) is 14.4. The van der Waals surface area contributed by atoms with Crippen molar-refractivity contribution in [2.24, 2.45) is 0 Å². The summed E-state index contributed by atoms with van der Waals surface area (Å²) < 4.78 is 5.47. The van der Waals surface area contributed by atoms with Gasteiger partial charge in [-0.1, -0.05) is 29.8 Å². The minimum atomic E-state index is -0.655. The second-order valence-corrected chi connectivity index (χ2v) is 5.49. The van der Waals surface area contributed by atoms with E-state index in [4.69, 9.17) is 21.2 Å². The van der Waals surface area contributed by atoms with Crippen LogP contribution in [0.15, 0.2) is 30.3 Å². The Morgan fingerprint density at radius 2 is 2.29 bits per heavy atom. The summed E-state index contributed by atoms with van der Waals surface area (Å²) in [6.45, 7) is 1.30. The molecule has 0 aromatic heterocycles. The zero-order valence-electron chi connectivity index (χ0n) is 11.5. The molecule has 3 rings (SSSR count). The predicted octanol–water partition coefficient (Wildman–Crippen LogP) is 1.88. The van der Waals surface area contributed by atoms with Crippen molar-refractivity contribution in [3.05, 3.63) is 40.9 Å². The highest BCUT2D eigenvalue weighted by Gasteiger charge is 2.26. The van der Waals surface area contributed by atoms with Crippen LogP contribution in [0.25, 0.3) is 5.70 Å². The molecule has 112 valence electrons. The number of carbonyl (C=O) groups excluding carboxylic acids is 1. The Kier molecular flexibility index (Phi) is 4.43. The van der Waals surface area contributed by atoms with E-state index in [-0.39, 0.29) is 12.0 Å². The third-order valence-electron chi connectivity index (χ3n) is 3.56. The fourth-order valence-corrected chi connectivity index (χ4v) is 2.66. The lowest BCUT2D eigenvalue weighted by Crippen LogP contribution is -2.39. The number of benzene rings is 1. The van der Waals surface area contributed by atoms with Crippen LogP contribution in [0.5, 0.6) is 0 Å². The van der Waals surface area contributed by atoms with Gasteiger partial charge >= 0.3 is 0 Å². The van der Waals surface area contributed by atoms with Gasteiger partial charge in [0.25, 0.3) is 5.91 Å². The first-order valence-electron chi connectivity index (χ1n) is 7.02. The second kappa shape index (κ2) is 6.47. The zero-order chi connectivity index (χ0) is 14.7. The molecule has 0 radical (unpaired) electrons. The van der Waals surface area contributed by atoms with Crippen LogP contribution >= 0.6 is 11.6 Å². The number of carbonyl (C=O) groups is 1. The first-order chi connectivity index (χ1) is 10.2. The van der Waals surface area contributed by atoms with Crippen molar-refractivity contribution >= 4 is 23.2 Å². The summed E-state index contributed by atoms with van der Waals surface area (Å²) >= 11 is 6.13. The molecule has 0 unspecified atom stereocenters. The number of rotatable bonds is 4. The van der Waals surface area contributed by atoms with Crippen LogP contribution < -0.4 is 10.8 Å². The van der Waals surface area contributed by atoms with E-state index in [0.29, 0.717) is 17.3 Å². The molecule has 0 spiro atoms. The van der Waals surface area contributed by atoms with E-state index >= 15 is 0 Å². The molecule has 0 saturated carbocycles. The summed E-state index contributed by atoms with van der Waals surface area (Å²) in [5, 5.41) is 3.46. The zero-order valence-corrected chi connectivity index (χ0v) is 12.2. The number of amides is 1. The quantitative estimate of drug-likeness (QED) is 0.891. The number of hydroxylamine groups is 1. The molecule has 0 bridgehead atoms. The van der Waals surface area contributed by atoms with Crippen molar-refractivity contribution in [3.63, 3.8) is 0 Å². The molecule has 1 aromatic carbocycles. The van der Waals surface area contributed by atoms with Gasteiger partial charge in [-0.3, -0.25) is 15.1 Å². The molecule has 0 aliphatic carbocycles. The molecule has 5 nitrogen and oxygen atoms in total. The van der Waals surface area contributed by atoms with Crippen molar-refractivity contribution in [1.82, 2.24) is 10.8 Å². The van der Waals surface area contributed by atoms with Crippen LogP contribution in [0.4, 0.5) is 0 Å². The maximum Gasteiger partial charge on any atom is 0.256 e. The molecule has 6 heteroatoms. The highest BCUT2D eigenvalue weighted by Crippen LogP contribution is 2.25. The Morgan fingerprint density at radius 3 is 3.05 bits per heavy atom. The fourth-order valence-electron chi connectivity index (χ4n) is 2.42. The van der Waals surface area contributed by atoms with E-state index in [1.54, 1.807) is 12.1 Å². The van der Waals surface area contributed by atoms with E-state index in [9.17, 15) is 4.79 Å². The maximum atomic E-state index is 12.1. The average Bonchev–Trinajstić information content (AvgIpc) is 3.17. The third kappa shape index (κ3) is 3.37. The molecule has 1 saturated heterocycles. The van der Waals surface area contributed by atoms with Crippen molar-refractivity contribution < 1.29 is 14.4 Å². The van der Waals surface area contributed by atoms with Gasteiger partial charge in [0.15, 0.2) is 6.10 Å². The van der Waals surface area contributed by atoms with Gasteiger partial charge in [0, 0.05) is 23.7 Å². The number of nitrogens with one attached hydrogen (secondary N) is 2. The van der Waals surface area contributed by atoms with Crippen molar-refractivity contribution in [1.29, 1.82) is 0 Å². The Balaban J connectivity index is 1.59. The Morgan fingerprint density at radius 1 is 1.43 bits per heavy atom. The molecular weight excluding hydrogens is 292 g/mol. The second-order valence-electron chi connectivity index (χ2n) is 5.08. The van der Waals surface area contributed by atoms with Crippen LogP contribution in [0, 0.1) is 0 Å². The van der Waals surface area contributed by atoms with Crippen LogP contribution in [0.1, 0.15) is 18.4 Å². The summed E-state index contributed by atoms with van der Waals surface area (Å²) in [5.74, 6) is -0.181. The van der Waals surface area contributed by atoms with E-state index in [0.717, 1.165) is 25.0 Å². The van der Waals surface area contributed by atoms with E-state index in [2.05, 4.69) is 10.8 Å². The minimum absolute atomic E-state index is 0.121. The predicted molar refractivity (Wildman–Crippen MR) is 79.4 cm³/mol.